The lowest BCUT2D eigenvalue weighted by molar-refractivity contribution is -0.111. The maximum Gasteiger partial charge on any atom is 0.341 e. The maximum absolute atomic E-state index is 13.3. The summed E-state index contributed by atoms with van der Waals surface area (Å²) in [5, 5.41) is 5.66. The molecule has 30 heavy (non-hydrogen) atoms. The highest BCUT2D eigenvalue weighted by atomic mass is 35.5. The Balaban J connectivity index is 1.87. The summed E-state index contributed by atoms with van der Waals surface area (Å²) in [6, 6.07) is 10.7. The minimum Gasteiger partial charge on any atom is -0.462 e. The molecular formula is C22H16Cl2FNO3S. The lowest BCUT2D eigenvalue weighted by atomic mass is 10.0. The summed E-state index contributed by atoms with van der Waals surface area (Å²) in [7, 11) is 0. The summed E-state index contributed by atoms with van der Waals surface area (Å²) < 4.78 is 18.4. The molecule has 4 nitrogen and oxygen atoms in total. The Hall–Kier alpha value is -2.67. The van der Waals surface area contributed by atoms with E-state index in [0.717, 1.165) is 0 Å². The molecule has 0 unspecified atom stereocenters. The lowest BCUT2D eigenvalue weighted by Crippen LogP contribution is -2.12. The number of rotatable bonds is 6. The van der Waals surface area contributed by atoms with Gasteiger partial charge < -0.3 is 10.1 Å². The average Bonchev–Trinajstić information content (AvgIpc) is 3.11. The van der Waals surface area contributed by atoms with Crippen molar-refractivity contribution in [3.8, 4) is 11.1 Å². The summed E-state index contributed by atoms with van der Waals surface area (Å²) >= 11 is 13.2. The van der Waals surface area contributed by atoms with Crippen LogP contribution in [0.25, 0.3) is 17.2 Å². The standard InChI is InChI=1S/C22H16Cl2FNO3S/c1-2-29-22(28)20-17(13-4-8-16(25)9-5-13)12-30-21(20)26-19(27)10-6-14-3-7-15(23)11-18(14)24/h3-12H,2H2,1H3,(H,26,27)/b10-6+. The Labute approximate surface area is 186 Å². The molecular weight excluding hydrogens is 448 g/mol. The second-order valence-corrected chi connectivity index (χ2v) is 7.79. The van der Waals surface area contributed by atoms with Crippen molar-refractivity contribution in [2.75, 3.05) is 11.9 Å². The number of benzene rings is 2. The lowest BCUT2D eigenvalue weighted by Gasteiger charge is -2.08. The number of amides is 1. The average molecular weight is 464 g/mol. The van der Waals surface area contributed by atoms with Crippen molar-refractivity contribution in [1.82, 2.24) is 0 Å². The number of esters is 1. The number of carbonyl (C=O) groups excluding carboxylic acids is 2. The summed E-state index contributed by atoms with van der Waals surface area (Å²) in [6.07, 6.45) is 2.86. The van der Waals surface area contributed by atoms with Crippen LogP contribution in [0.1, 0.15) is 22.8 Å². The molecule has 0 aliphatic heterocycles. The minimum atomic E-state index is -0.571. The van der Waals surface area contributed by atoms with Gasteiger partial charge in [-0.25, -0.2) is 9.18 Å². The molecule has 0 bridgehead atoms. The predicted molar refractivity (Wildman–Crippen MR) is 120 cm³/mol. The van der Waals surface area contributed by atoms with E-state index in [2.05, 4.69) is 5.32 Å². The monoisotopic (exact) mass is 463 g/mol. The van der Waals surface area contributed by atoms with E-state index in [1.807, 2.05) is 0 Å². The van der Waals surface area contributed by atoms with Crippen LogP contribution < -0.4 is 5.32 Å². The molecule has 1 N–H and O–H groups in total. The number of ether oxygens (including phenoxy) is 1. The third-order valence-corrected chi connectivity index (χ3v) is 5.50. The summed E-state index contributed by atoms with van der Waals surface area (Å²) in [6.45, 7) is 1.87. The van der Waals surface area contributed by atoms with Crippen molar-refractivity contribution in [2.45, 2.75) is 6.92 Å². The highest BCUT2D eigenvalue weighted by Gasteiger charge is 2.22. The van der Waals surface area contributed by atoms with Crippen molar-refractivity contribution in [3.63, 3.8) is 0 Å². The molecule has 0 spiro atoms. The molecule has 0 saturated heterocycles. The van der Waals surface area contributed by atoms with Gasteiger partial charge in [-0.1, -0.05) is 41.4 Å². The number of carbonyl (C=O) groups is 2. The first-order chi connectivity index (χ1) is 14.4. The molecule has 8 heteroatoms. The largest absolute Gasteiger partial charge is 0.462 e. The number of anilines is 1. The van der Waals surface area contributed by atoms with Crippen LogP contribution in [0.3, 0.4) is 0 Å². The van der Waals surface area contributed by atoms with Gasteiger partial charge in [-0.3, -0.25) is 4.79 Å². The van der Waals surface area contributed by atoms with Crippen LogP contribution in [0.15, 0.2) is 53.9 Å². The summed E-state index contributed by atoms with van der Waals surface area (Å²) in [5.74, 6) is -1.40. The number of thiophene rings is 1. The molecule has 0 aliphatic rings. The second-order valence-electron chi connectivity index (χ2n) is 6.07. The third-order valence-electron chi connectivity index (χ3n) is 4.04. The van der Waals surface area contributed by atoms with Gasteiger partial charge in [0.05, 0.1) is 6.61 Å². The van der Waals surface area contributed by atoms with Crippen LogP contribution in [-0.4, -0.2) is 18.5 Å². The van der Waals surface area contributed by atoms with Crippen molar-refractivity contribution < 1.29 is 18.7 Å². The summed E-state index contributed by atoms with van der Waals surface area (Å²) in [4.78, 5) is 25.0. The molecule has 154 valence electrons. The second kappa shape index (κ2) is 9.89. The van der Waals surface area contributed by atoms with Crippen LogP contribution in [-0.2, 0) is 9.53 Å². The van der Waals surface area contributed by atoms with Crippen LogP contribution in [0.4, 0.5) is 9.39 Å². The maximum atomic E-state index is 13.3. The zero-order chi connectivity index (χ0) is 21.7. The highest BCUT2D eigenvalue weighted by molar-refractivity contribution is 7.15. The Kier molecular flexibility index (Phi) is 7.26. The topological polar surface area (TPSA) is 55.4 Å². The van der Waals surface area contributed by atoms with Gasteiger partial charge in [-0.05, 0) is 48.4 Å². The Morgan fingerprint density at radius 2 is 1.90 bits per heavy atom. The number of halogens is 3. The quantitative estimate of drug-likeness (QED) is 0.327. The normalized spacial score (nSPS) is 10.9. The van der Waals surface area contributed by atoms with Gasteiger partial charge in [0.1, 0.15) is 16.4 Å². The molecule has 3 aromatic rings. The SMILES string of the molecule is CCOC(=O)c1c(-c2ccc(F)cc2)csc1NC(=O)/C=C/c1ccc(Cl)cc1Cl. The van der Waals surface area contributed by atoms with E-state index in [9.17, 15) is 14.0 Å². The third kappa shape index (κ3) is 5.27. The number of nitrogens with one attached hydrogen (secondary N) is 1. The van der Waals surface area contributed by atoms with Gasteiger partial charge in [0.15, 0.2) is 0 Å². The van der Waals surface area contributed by atoms with Crippen LogP contribution in [0.2, 0.25) is 10.0 Å². The smallest absolute Gasteiger partial charge is 0.341 e. The van der Waals surface area contributed by atoms with Gasteiger partial charge in [-0.2, -0.15) is 0 Å². The fourth-order valence-electron chi connectivity index (χ4n) is 2.65. The molecule has 2 aromatic carbocycles. The number of hydrogen-bond acceptors (Lipinski definition) is 4. The van der Waals surface area contributed by atoms with Gasteiger partial charge in [-0.15, -0.1) is 11.3 Å². The molecule has 1 heterocycles. The first kappa shape index (κ1) is 22.0. The first-order valence-corrected chi connectivity index (χ1v) is 10.5. The summed E-state index contributed by atoms with van der Waals surface area (Å²) in [5.41, 5.74) is 2.04. The van der Waals surface area contributed by atoms with E-state index in [1.54, 1.807) is 48.7 Å². The zero-order valence-electron chi connectivity index (χ0n) is 15.7. The fourth-order valence-corrected chi connectivity index (χ4v) is 4.09. The van der Waals surface area contributed by atoms with E-state index in [1.165, 1.54) is 29.5 Å². The Bertz CT molecular complexity index is 1110. The van der Waals surface area contributed by atoms with Gasteiger partial charge in [0.2, 0.25) is 5.91 Å². The van der Waals surface area contributed by atoms with Gasteiger partial charge in [0, 0.05) is 27.1 Å². The van der Waals surface area contributed by atoms with Gasteiger partial charge in [0.25, 0.3) is 0 Å². The molecule has 1 aromatic heterocycles. The molecule has 1 amide bonds. The molecule has 0 aliphatic carbocycles. The van der Waals surface area contributed by atoms with E-state index in [-0.39, 0.29) is 18.0 Å². The van der Waals surface area contributed by atoms with Crippen molar-refractivity contribution in [2.24, 2.45) is 0 Å². The van der Waals surface area contributed by atoms with E-state index in [4.69, 9.17) is 27.9 Å². The predicted octanol–water partition coefficient (Wildman–Crippen LogP) is 6.69. The molecule has 0 radical (unpaired) electrons. The molecule has 0 atom stereocenters. The van der Waals surface area contributed by atoms with Crippen molar-refractivity contribution >= 4 is 57.5 Å². The van der Waals surface area contributed by atoms with Crippen molar-refractivity contribution in [3.05, 3.63) is 80.9 Å². The molecule has 0 saturated carbocycles. The molecule has 0 fully saturated rings. The van der Waals surface area contributed by atoms with Crippen LogP contribution in [0, 0.1) is 5.82 Å². The van der Waals surface area contributed by atoms with Crippen LogP contribution >= 0.6 is 34.5 Å². The Morgan fingerprint density at radius 1 is 1.17 bits per heavy atom. The van der Waals surface area contributed by atoms with E-state index in [0.29, 0.717) is 31.7 Å². The van der Waals surface area contributed by atoms with Gasteiger partial charge >= 0.3 is 5.97 Å². The zero-order valence-corrected chi connectivity index (χ0v) is 18.1. The minimum absolute atomic E-state index is 0.180. The first-order valence-electron chi connectivity index (χ1n) is 8.87. The molecule has 3 rings (SSSR count). The van der Waals surface area contributed by atoms with Crippen molar-refractivity contribution in [1.29, 1.82) is 0 Å². The highest BCUT2D eigenvalue weighted by Crippen LogP contribution is 2.36. The fraction of sp³-hybridized carbons (Fsp3) is 0.0909. The van der Waals surface area contributed by atoms with E-state index < -0.39 is 11.9 Å². The number of hydrogen-bond donors (Lipinski definition) is 1. The van der Waals surface area contributed by atoms with Crippen LogP contribution in [0.5, 0.6) is 0 Å². The Morgan fingerprint density at radius 3 is 2.57 bits per heavy atom. The van der Waals surface area contributed by atoms with E-state index >= 15 is 0 Å².